The lowest BCUT2D eigenvalue weighted by Gasteiger charge is -2.31. The van der Waals surface area contributed by atoms with Gasteiger partial charge in [-0.25, -0.2) is 0 Å². The Morgan fingerprint density at radius 3 is 2.00 bits per heavy atom. The molecule has 2 atom stereocenters. The lowest BCUT2D eigenvalue weighted by molar-refractivity contribution is -0.0388. The van der Waals surface area contributed by atoms with Crippen molar-refractivity contribution in [2.45, 2.75) is 44.9 Å². The number of hydrogen-bond acceptors (Lipinski definition) is 4. The van der Waals surface area contributed by atoms with E-state index in [4.69, 9.17) is 9.47 Å². The summed E-state index contributed by atoms with van der Waals surface area (Å²) in [4.78, 5) is 2.57. The van der Waals surface area contributed by atoms with Crippen molar-refractivity contribution in [3.63, 3.8) is 0 Å². The molecule has 2 aliphatic rings. The molecular formula is C13H26N2O2. The number of ether oxygens (including phenoxy) is 2. The fourth-order valence-corrected chi connectivity index (χ4v) is 2.99. The highest BCUT2D eigenvalue weighted by Crippen LogP contribution is 2.22. The zero-order chi connectivity index (χ0) is 12.1. The highest BCUT2D eigenvalue weighted by molar-refractivity contribution is 4.91. The molecule has 0 unspecified atom stereocenters. The SMILES string of the molecule is CCO[C@@H]1CN(C2CCNCC2)C[C@H]1OCC. The molecule has 2 saturated heterocycles. The van der Waals surface area contributed by atoms with Crippen molar-refractivity contribution < 1.29 is 9.47 Å². The van der Waals surface area contributed by atoms with Crippen molar-refractivity contribution in [3.05, 3.63) is 0 Å². The summed E-state index contributed by atoms with van der Waals surface area (Å²) in [6.45, 7) is 10.1. The maximum atomic E-state index is 5.81. The zero-order valence-corrected chi connectivity index (χ0v) is 11.2. The van der Waals surface area contributed by atoms with Gasteiger partial charge in [-0.15, -0.1) is 0 Å². The van der Waals surface area contributed by atoms with E-state index in [0.29, 0.717) is 0 Å². The fraction of sp³-hybridized carbons (Fsp3) is 1.00. The summed E-state index contributed by atoms with van der Waals surface area (Å²) in [5, 5.41) is 3.42. The van der Waals surface area contributed by atoms with E-state index in [1.807, 2.05) is 0 Å². The molecule has 2 heterocycles. The summed E-state index contributed by atoms with van der Waals surface area (Å²) >= 11 is 0. The highest BCUT2D eigenvalue weighted by atomic mass is 16.5. The Bertz CT molecular complexity index is 205. The van der Waals surface area contributed by atoms with E-state index in [0.717, 1.165) is 45.4 Å². The first kappa shape index (κ1) is 13.3. The first-order valence-electron chi connectivity index (χ1n) is 7.03. The molecule has 100 valence electrons. The van der Waals surface area contributed by atoms with Crippen molar-refractivity contribution in [1.82, 2.24) is 10.2 Å². The van der Waals surface area contributed by atoms with Gasteiger partial charge in [0.1, 0.15) is 0 Å². The number of nitrogens with zero attached hydrogens (tertiary/aromatic N) is 1. The van der Waals surface area contributed by atoms with E-state index in [2.05, 4.69) is 24.1 Å². The van der Waals surface area contributed by atoms with Crippen LogP contribution in [0.15, 0.2) is 0 Å². The van der Waals surface area contributed by atoms with Crippen LogP contribution in [-0.2, 0) is 9.47 Å². The van der Waals surface area contributed by atoms with E-state index in [-0.39, 0.29) is 12.2 Å². The van der Waals surface area contributed by atoms with Crippen LogP contribution in [0, 0.1) is 0 Å². The van der Waals surface area contributed by atoms with Gasteiger partial charge < -0.3 is 14.8 Å². The van der Waals surface area contributed by atoms with Gasteiger partial charge in [-0.2, -0.15) is 0 Å². The number of rotatable bonds is 5. The first-order chi connectivity index (χ1) is 8.35. The predicted octanol–water partition coefficient (Wildman–Crippen LogP) is 0.864. The van der Waals surface area contributed by atoms with Crippen LogP contribution < -0.4 is 5.32 Å². The summed E-state index contributed by atoms with van der Waals surface area (Å²) < 4.78 is 11.6. The van der Waals surface area contributed by atoms with E-state index in [9.17, 15) is 0 Å². The second-order valence-electron chi connectivity index (χ2n) is 4.92. The second kappa shape index (κ2) is 6.69. The molecular weight excluding hydrogens is 216 g/mol. The minimum atomic E-state index is 0.273. The van der Waals surface area contributed by atoms with Crippen molar-refractivity contribution in [2.75, 3.05) is 39.4 Å². The summed E-state index contributed by atoms with van der Waals surface area (Å²) in [6, 6.07) is 0.727. The Kier molecular flexibility index (Phi) is 5.22. The largest absolute Gasteiger partial charge is 0.374 e. The summed E-state index contributed by atoms with van der Waals surface area (Å²) in [7, 11) is 0. The molecule has 1 N–H and O–H groups in total. The number of likely N-dealkylation sites (tertiary alicyclic amines) is 1. The summed E-state index contributed by atoms with van der Waals surface area (Å²) in [5.74, 6) is 0. The van der Waals surface area contributed by atoms with Crippen LogP contribution in [0.25, 0.3) is 0 Å². The third-order valence-electron chi connectivity index (χ3n) is 3.83. The van der Waals surface area contributed by atoms with Gasteiger partial charge in [0.05, 0.1) is 12.2 Å². The van der Waals surface area contributed by atoms with Crippen LogP contribution in [0.5, 0.6) is 0 Å². The summed E-state index contributed by atoms with van der Waals surface area (Å²) in [5.41, 5.74) is 0. The topological polar surface area (TPSA) is 33.7 Å². The van der Waals surface area contributed by atoms with Crippen molar-refractivity contribution in [3.8, 4) is 0 Å². The monoisotopic (exact) mass is 242 g/mol. The standard InChI is InChI=1S/C13H26N2O2/c1-3-16-12-9-15(10-13(12)17-4-2)11-5-7-14-8-6-11/h11-14H,3-10H2,1-2H3/t12-,13-/m1/s1. The Labute approximate surface area is 105 Å². The second-order valence-corrected chi connectivity index (χ2v) is 4.92. The minimum absolute atomic E-state index is 0.273. The lowest BCUT2D eigenvalue weighted by atomic mass is 10.1. The van der Waals surface area contributed by atoms with Crippen molar-refractivity contribution >= 4 is 0 Å². The van der Waals surface area contributed by atoms with Gasteiger partial charge in [-0.1, -0.05) is 0 Å². The molecule has 2 aliphatic heterocycles. The molecule has 4 nitrogen and oxygen atoms in total. The van der Waals surface area contributed by atoms with E-state index in [1.165, 1.54) is 12.8 Å². The molecule has 0 aromatic carbocycles. The van der Waals surface area contributed by atoms with Crippen molar-refractivity contribution in [1.29, 1.82) is 0 Å². The maximum absolute atomic E-state index is 5.81. The van der Waals surface area contributed by atoms with E-state index < -0.39 is 0 Å². The van der Waals surface area contributed by atoms with Crippen LogP contribution >= 0.6 is 0 Å². The quantitative estimate of drug-likeness (QED) is 0.775. The average Bonchev–Trinajstić information content (AvgIpc) is 2.75. The lowest BCUT2D eigenvalue weighted by Crippen LogP contribution is -2.42. The van der Waals surface area contributed by atoms with E-state index in [1.54, 1.807) is 0 Å². The minimum Gasteiger partial charge on any atom is -0.374 e. The number of nitrogens with one attached hydrogen (secondary N) is 1. The molecule has 0 aromatic rings. The fourth-order valence-electron chi connectivity index (χ4n) is 2.99. The normalized spacial score (nSPS) is 32.1. The third-order valence-corrected chi connectivity index (χ3v) is 3.83. The van der Waals surface area contributed by atoms with Gasteiger partial charge in [0.15, 0.2) is 0 Å². The molecule has 0 aromatic heterocycles. The van der Waals surface area contributed by atoms with Gasteiger partial charge in [0, 0.05) is 32.3 Å². The first-order valence-corrected chi connectivity index (χ1v) is 7.03. The molecule has 0 spiro atoms. The van der Waals surface area contributed by atoms with Gasteiger partial charge in [0.25, 0.3) is 0 Å². The van der Waals surface area contributed by atoms with Crippen LogP contribution in [-0.4, -0.2) is 62.5 Å². The summed E-state index contributed by atoms with van der Waals surface area (Å²) in [6.07, 6.45) is 3.07. The van der Waals surface area contributed by atoms with Gasteiger partial charge in [0.2, 0.25) is 0 Å². The Morgan fingerprint density at radius 1 is 1.00 bits per heavy atom. The smallest absolute Gasteiger partial charge is 0.0975 e. The van der Waals surface area contributed by atoms with Gasteiger partial charge in [-0.05, 0) is 39.8 Å². The zero-order valence-electron chi connectivity index (χ0n) is 11.2. The average molecular weight is 242 g/mol. The van der Waals surface area contributed by atoms with Crippen LogP contribution in [0.4, 0.5) is 0 Å². The Morgan fingerprint density at radius 2 is 1.53 bits per heavy atom. The van der Waals surface area contributed by atoms with Crippen LogP contribution in [0.1, 0.15) is 26.7 Å². The van der Waals surface area contributed by atoms with Gasteiger partial charge >= 0.3 is 0 Å². The Balaban J connectivity index is 1.87. The van der Waals surface area contributed by atoms with Gasteiger partial charge in [-0.3, -0.25) is 4.90 Å². The molecule has 0 radical (unpaired) electrons. The molecule has 2 fully saturated rings. The predicted molar refractivity (Wildman–Crippen MR) is 68.3 cm³/mol. The van der Waals surface area contributed by atoms with E-state index >= 15 is 0 Å². The Hall–Kier alpha value is -0.160. The molecule has 0 amide bonds. The maximum Gasteiger partial charge on any atom is 0.0975 e. The van der Waals surface area contributed by atoms with Crippen LogP contribution in [0.3, 0.4) is 0 Å². The molecule has 0 bridgehead atoms. The van der Waals surface area contributed by atoms with Crippen LogP contribution in [0.2, 0.25) is 0 Å². The number of piperidine rings is 1. The molecule has 17 heavy (non-hydrogen) atoms. The third kappa shape index (κ3) is 3.41. The molecule has 0 aliphatic carbocycles. The highest BCUT2D eigenvalue weighted by Gasteiger charge is 2.37. The molecule has 4 heteroatoms. The van der Waals surface area contributed by atoms with Crippen molar-refractivity contribution in [2.24, 2.45) is 0 Å². The number of hydrogen-bond donors (Lipinski definition) is 1. The molecule has 2 rings (SSSR count). The molecule has 0 saturated carbocycles.